The van der Waals surface area contributed by atoms with Crippen molar-refractivity contribution in [1.29, 1.82) is 0 Å². The summed E-state index contributed by atoms with van der Waals surface area (Å²) in [5.41, 5.74) is 3.63. The zero-order valence-electron chi connectivity index (χ0n) is 16.6. The zero-order valence-corrected chi connectivity index (χ0v) is 16.6. The first-order valence-corrected chi connectivity index (χ1v) is 9.70. The minimum absolute atomic E-state index is 0.361. The van der Waals surface area contributed by atoms with Crippen molar-refractivity contribution in [2.24, 2.45) is 0 Å². The van der Waals surface area contributed by atoms with Crippen molar-refractivity contribution < 1.29 is 14.3 Å². The predicted molar refractivity (Wildman–Crippen MR) is 119 cm³/mol. The molecule has 0 fully saturated rings. The molecule has 30 heavy (non-hydrogen) atoms. The van der Waals surface area contributed by atoms with Crippen LogP contribution in [0.4, 0.5) is 0 Å². The van der Waals surface area contributed by atoms with Gasteiger partial charge in [-0.3, -0.25) is 4.79 Å². The van der Waals surface area contributed by atoms with Gasteiger partial charge in [-0.05, 0) is 41.5 Å². The third-order valence-corrected chi connectivity index (χ3v) is 4.53. The van der Waals surface area contributed by atoms with E-state index in [1.165, 1.54) is 6.92 Å². The molecular formula is C26H21NO3. The Morgan fingerprint density at radius 2 is 1.67 bits per heavy atom. The third-order valence-electron chi connectivity index (χ3n) is 4.53. The highest BCUT2D eigenvalue weighted by Gasteiger charge is 2.06. The van der Waals surface area contributed by atoms with Crippen LogP contribution in [-0.2, 0) is 11.4 Å². The van der Waals surface area contributed by atoms with E-state index in [9.17, 15) is 4.79 Å². The standard InChI is InChI=1S/C26H21NO3/c1-19(28)30-25-9-5-8-22-13-15-23(27-26(22)25)14-10-20-11-16-24(17-12-20)29-18-21-6-3-2-4-7-21/h2-17H,18H2,1H3/b14-10+. The Labute approximate surface area is 175 Å². The number of hydrogen-bond donors (Lipinski definition) is 0. The highest BCUT2D eigenvalue weighted by molar-refractivity contribution is 5.88. The average Bonchev–Trinajstić information content (AvgIpc) is 2.77. The summed E-state index contributed by atoms with van der Waals surface area (Å²) in [5, 5.41) is 0.922. The quantitative estimate of drug-likeness (QED) is 0.301. The zero-order chi connectivity index (χ0) is 20.8. The lowest BCUT2D eigenvalue weighted by molar-refractivity contribution is -0.131. The summed E-state index contributed by atoms with van der Waals surface area (Å²) >= 11 is 0. The fraction of sp³-hybridized carbons (Fsp3) is 0.0769. The first kappa shape index (κ1) is 19.4. The topological polar surface area (TPSA) is 48.4 Å². The van der Waals surface area contributed by atoms with E-state index in [4.69, 9.17) is 9.47 Å². The molecular weight excluding hydrogens is 374 g/mol. The van der Waals surface area contributed by atoms with Gasteiger partial charge in [0, 0.05) is 12.3 Å². The van der Waals surface area contributed by atoms with Crippen LogP contribution in [0.1, 0.15) is 23.7 Å². The van der Waals surface area contributed by atoms with E-state index in [1.807, 2.05) is 91.0 Å². The van der Waals surface area contributed by atoms with Crippen LogP contribution in [-0.4, -0.2) is 11.0 Å². The van der Waals surface area contributed by atoms with Crippen LogP contribution in [0.2, 0.25) is 0 Å². The lowest BCUT2D eigenvalue weighted by Gasteiger charge is -2.07. The number of benzene rings is 3. The number of aromatic nitrogens is 1. The molecule has 0 radical (unpaired) electrons. The molecule has 0 saturated carbocycles. The minimum atomic E-state index is -0.361. The number of pyridine rings is 1. The van der Waals surface area contributed by atoms with Crippen molar-refractivity contribution in [1.82, 2.24) is 4.98 Å². The second-order valence-electron chi connectivity index (χ2n) is 6.83. The van der Waals surface area contributed by atoms with Gasteiger partial charge in [-0.25, -0.2) is 4.98 Å². The first-order chi connectivity index (χ1) is 14.7. The molecule has 4 heteroatoms. The van der Waals surface area contributed by atoms with E-state index in [-0.39, 0.29) is 5.97 Å². The van der Waals surface area contributed by atoms with Crippen LogP contribution in [0.5, 0.6) is 11.5 Å². The van der Waals surface area contributed by atoms with Crippen LogP contribution in [0, 0.1) is 0 Å². The summed E-state index contributed by atoms with van der Waals surface area (Å²) in [4.78, 5) is 16.0. The van der Waals surface area contributed by atoms with E-state index in [1.54, 1.807) is 6.07 Å². The number of nitrogens with zero attached hydrogens (tertiary/aromatic N) is 1. The minimum Gasteiger partial charge on any atom is -0.489 e. The van der Waals surface area contributed by atoms with Gasteiger partial charge in [0.2, 0.25) is 0 Å². The Morgan fingerprint density at radius 1 is 0.867 bits per heavy atom. The number of hydrogen-bond acceptors (Lipinski definition) is 4. The number of fused-ring (bicyclic) bond motifs is 1. The Bertz CT molecular complexity index is 1180. The molecule has 0 bridgehead atoms. The first-order valence-electron chi connectivity index (χ1n) is 9.70. The highest BCUT2D eigenvalue weighted by Crippen LogP contribution is 2.25. The molecule has 1 heterocycles. The summed E-state index contributed by atoms with van der Waals surface area (Å²) in [6.45, 7) is 1.93. The Hall–Kier alpha value is -3.92. The van der Waals surface area contributed by atoms with Gasteiger partial charge in [-0.15, -0.1) is 0 Å². The average molecular weight is 395 g/mol. The predicted octanol–water partition coefficient (Wildman–Crippen LogP) is 5.91. The van der Waals surface area contributed by atoms with Crippen LogP contribution < -0.4 is 9.47 Å². The molecule has 3 aromatic carbocycles. The fourth-order valence-corrected chi connectivity index (χ4v) is 3.06. The highest BCUT2D eigenvalue weighted by atomic mass is 16.5. The SMILES string of the molecule is CC(=O)Oc1cccc2ccc(/C=C/c3ccc(OCc4ccccc4)cc3)nc12. The van der Waals surface area contributed by atoms with E-state index in [0.717, 1.165) is 28.0 Å². The monoisotopic (exact) mass is 395 g/mol. The van der Waals surface area contributed by atoms with Gasteiger partial charge in [-0.1, -0.05) is 66.7 Å². The number of carbonyl (C=O) groups is 1. The summed E-state index contributed by atoms with van der Waals surface area (Å²) in [6.07, 6.45) is 3.92. The lowest BCUT2D eigenvalue weighted by atomic mass is 10.1. The largest absolute Gasteiger partial charge is 0.489 e. The van der Waals surface area contributed by atoms with Gasteiger partial charge in [0.05, 0.1) is 5.69 Å². The number of esters is 1. The Morgan fingerprint density at radius 3 is 2.43 bits per heavy atom. The van der Waals surface area contributed by atoms with Crippen LogP contribution in [0.3, 0.4) is 0 Å². The molecule has 0 spiro atoms. The molecule has 4 aromatic rings. The summed E-state index contributed by atoms with van der Waals surface area (Å²) < 4.78 is 11.1. The fourth-order valence-electron chi connectivity index (χ4n) is 3.06. The lowest BCUT2D eigenvalue weighted by Crippen LogP contribution is -2.02. The van der Waals surface area contributed by atoms with Gasteiger partial charge in [-0.2, -0.15) is 0 Å². The third kappa shape index (κ3) is 4.92. The number of para-hydroxylation sites is 1. The Balaban J connectivity index is 1.46. The number of rotatable bonds is 6. The van der Waals surface area contributed by atoms with E-state index >= 15 is 0 Å². The second kappa shape index (κ2) is 9.05. The van der Waals surface area contributed by atoms with Crippen LogP contribution >= 0.6 is 0 Å². The molecule has 0 saturated heterocycles. The van der Waals surface area contributed by atoms with Gasteiger partial charge < -0.3 is 9.47 Å². The maximum absolute atomic E-state index is 11.3. The molecule has 4 nitrogen and oxygen atoms in total. The van der Waals surface area contributed by atoms with Crippen molar-refractivity contribution >= 4 is 29.0 Å². The van der Waals surface area contributed by atoms with Crippen molar-refractivity contribution in [2.75, 3.05) is 0 Å². The summed E-state index contributed by atoms with van der Waals surface area (Å²) in [5.74, 6) is 0.931. The maximum atomic E-state index is 11.3. The molecule has 0 atom stereocenters. The number of carbonyl (C=O) groups excluding carboxylic acids is 1. The molecule has 0 unspecified atom stereocenters. The van der Waals surface area contributed by atoms with Gasteiger partial charge in [0.1, 0.15) is 17.9 Å². The second-order valence-corrected chi connectivity index (χ2v) is 6.83. The molecule has 148 valence electrons. The van der Waals surface area contributed by atoms with E-state index < -0.39 is 0 Å². The van der Waals surface area contributed by atoms with Gasteiger partial charge in [0.25, 0.3) is 0 Å². The normalized spacial score (nSPS) is 11.0. The van der Waals surface area contributed by atoms with E-state index in [0.29, 0.717) is 17.9 Å². The molecule has 1 aromatic heterocycles. The molecule has 0 aliphatic carbocycles. The number of ether oxygens (including phenoxy) is 2. The van der Waals surface area contributed by atoms with Crippen molar-refractivity contribution in [3.8, 4) is 11.5 Å². The van der Waals surface area contributed by atoms with Crippen LogP contribution in [0.25, 0.3) is 23.1 Å². The van der Waals surface area contributed by atoms with E-state index in [2.05, 4.69) is 4.98 Å². The van der Waals surface area contributed by atoms with Crippen molar-refractivity contribution in [2.45, 2.75) is 13.5 Å². The van der Waals surface area contributed by atoms with Crippen LogP contribution in [0.15, 0.2) is 84.9 Å². The van der Waals surface area contributed by atoms with Gasteiger partial charge >= 0.3 is 5.97 Å². The molecule has 0 amide bonds. The Kier molecular flexibility index (Phi) is 5.85. The van der Waals surface area contributed by atoms with Gasteiger partial charge in [0.15, 0.2) is 5.75 Å². The molecule has 0 aliphatic rings. The maximum Gasteiger partial charge on any atom is 0.308 e. The van der Waals surface area contributed by atoms with Crippen molar-refractivity contribution in [3.63, 3.8) is 0 Å². The summed E-state index contributed by atoms with van der Waals surface area (Å²) in [6, 6.07) is 27.4. The smallest absolute Gasteiger partial charge is 0.308 e. The molecule has 0 N–H and O–H groups in total. The summed E-state index contributed by atoms with van der Waals surface area (Å²) in [7, 11) is 0. The molecule has 0 aliphatic heterocycles. The van der Waals surface area contributed by atoms with Crippen molar-refractivity contribution in [3.05, 3.63) is 102 Å². The molecule has 4 rings (SSSR count).